The van der Waals surface area contributed by atoms with Crippen molar-refractivity contribution in [1.29, 1.82) is 0 Å². The maximum absolute atomic E-state index is 11.8. The van der Waals surface area contributed by atoms with Crippen molar-refractivity contribution in [2.45, 2.75) is 37.8 Å². The van der Waals surface area contributed by atoms with Crippen molar-refractivity contribution in [2.24, 2.45) is 5.92 Å². The number of fused-ring (bicyclic) bond motifs is 4. The van der Waals surface area contributed by atoms with E-state index < -0.39 is 5.60 Å². The van der Waals surface area contributed by atoms with Crippen molar-refractivity contribution in [3.63, 3.8) is 0 Å². The average Bonchev–Trinajstić information content (AvgIpc) is 2.67. The number of phenolic OH excluding ortho intramolecular Hbond substituents is 1. The summed E-state index contributed by atoms with van der Waals surface area (Å²) in [6, 6.07) is 6.81. The van der Waals surface area contributed by atoms with Gasteiger partial charge in [0.2, 0.25) is 0 Å². The number of hydrogen-bond donors (Lipinski definition) is 3. The third-order valence-corrected chi connectivity index (χ3v) is 6.23. The molecule has 0 radical (unpaired) electrons. The summed E-state index contributed by atoms with van der Waals surface area (Å²) >= 11 is 0. The van der Waals surface area contributed by atoms with Gasteiger partial charge >= 0.3 is 0 Å². The van der Waals surface area contributed by atoms with Crippen molar-refractivity contribution >= 4 is 35.7 Å². The van der Waals surface area contributed by atoms with Crippen LogP contribution < -0.4 is 0 Å². The molecule has 2 bridgehead atoms. The summed E-state index contributed by atoms with van der Waals surface area (Å²) in [6.45, 7) is 3.85. The third kappa shape index (κ3) is 3.74. The molecular formula is C21H28Cl2N2O3. The fourth-order valence-corrected chi connectivity index (χ4v) is 4.89. The molecule has 4 unspecified atom stereocenters. The fraction of sp³-hybridized carbons (Fsp3) is 0.476. The molecule has 0 aliphatic carbocycles. The third-order valence-electron chi connectivity index (χ3n) is 6.23. The number of nitrogens with zero attached hydrogens (tertiary/aromatic N) is 2. The second-order valence-corrected chi connectivity index (χ2v) is 7.53. The van der Waals surface area contributed by atoms with Gasteiger partial charge in [0.05, 0.1) is 5.52 Å². The highest BCUT2D eigenvalue weighted by Crippen LogP contribution is 2.45. The molecule has 0 amide bonds. The normalized spacial score (nSPS) is 27.1. The monoisotopic (exact) mass is 426 g/mol. The van der Waals surface area contributed by atoms with Gasteiger partial charge in [0.25, 0.3) is 0 Å². The van der Waals surface area contributed by atoms with E-state index in [2.05, 4.69) is 22.9 Å². The smallest absolute Gasteiger partial charge is 0.116 e. The van der Waals surface area contributed by atoms with Crippen LogP contribution in [-0.2, 0) is 5.60 Å². The van der Waals surface area contributed by atoms with Gasteiger partial charge in [-0.25, -0.2) is 0 Å². The van der Waals surface area contributed by atoms with Gasteiger partial charge in [0.15, 0.2) is 0 Å². The molecule has 3 saturated heterocycles. The van der Waals surface area contributed by atoms with Crippen LogP contribution in [0.4, 0.5) is 0 Å². The molecule has 3 aliphatic heterocycles. The summed E-state index contributed by atoms with van der Waals surface area (Å²) < 4.78 is 0. The Kier molecular flexibility index (Phi) is 7.34. The van der Waals surface area contributed by atoms with E-state index in [9.17, 15) is 15.3 Å². The molecule has 1 aromatic carbocycles. The number of aromatic nitrogens is 1. The Labute approximate surface area is 177 Å². The molecule has 0 spiro atoms. The Hall–Kier alpha value is -1.37. The highest BCUT2D eigenvalue weighted by Gasteiger charge is 2.48. The van der Waals surface area contributed by atoms with Crippen molar-refractivity contribution in [2.75, 3.05) is 19.7 Å². The first kappa shape index (κ1) is 22.9. The van der Waals surface area contributed by atoms with Crippen molar-refractivity contribution in [1.82, 2.24) is 9.88 Å². The molecule has 5 nitrogen and oxygen atoms in total. The molecule has 4 heterocycles. The Balaban J connectivity index is 0.00000140. The molecule has 2 aromatic rings. The van der Waals surface area contributed by atoms with Gasteiger partial charge in [-0.2, -0.15) is 0 Å². The molecule has 5 rings (SSSR count). The van der Waals surface area contributed by atoms with Gasteiger partial charge in [-0.05, 0) is 62.1 Å². The fourth-order valence-electron chi connectivity index (χ4n) is 4.89. The minimum Gasteiger partial charge on any atom is -0.508 e. The molecule has 1 aromatic heterocycles. The van der Waals surface area contributed by atoms with Crippen LogP contribution in [0.3, 0.4) is 0 Å². The Bertz CT molecular complexity index is 861. The van der Waals surface area contributed by atoms with Crippen LogP contribution in [0.15, 0.2) is 42.1 Å². The van der Waals surface area contributed by atoms with E-state index in [-0.39, 0.29) is 49.6 Å². The predicted molar refractivity (Wildman–Crippen MR) is 115 cm³/mol. The van der Waals surface area contributed by atoms with E-state index in [4.69, 9.17) is 0 Å². The average molecular weight is 427 g/mol. The van der Waals surface area contributed by atoms with Crippen LogP contribution in [0, 0.1) is 5.92 Å². The number of aliphatic hydroxyl groups is 2. The predicted octanol–water partition coefficient (Wildman–Crippen LogP) is 3.39. The zero-order valence-electron chi connectivity index (χ0n) is 15.9. The molecule has 3 N–H and O–H groups in total. The highest BCUT2D eigenvalue weighted by atomic mass is 35.5. The van der Waals surface area contributed by atoms with Crippen LogP contribution in [-0.4, -0.2) is 50.9 Å². The first-order valence-electron chi connectivity index (χ1n) is 9.37. The van der Waals surface area contributed by atoms with Gasteiger partial charge in [-0.1, -0.05) is 11.6 Å². The number of pyridine rings is 1. The van der Waals surface area contributed by atoms with E-state index in [1.807, 2.05) is 6.07 Å². The number of hydrogen-bond acceptors (Lipinski definition) is 5. The Morgan fingerprint density at radius 2 is 2.07 bits per heavy atom. The summed E-state index contributed by atoms with van der Waals surface area (Å²) in [6.07, 6.45) is 6.19. The summed E-state index contributed by atoms with van der Waals surface area (Å²) in [5.41, 5.74) is 1.76. The van der Waals surface area contributed by atoms with Crippen LogP contribution in [0.25, 0.3) is 10.9 Å². The second kappa shape index (κ2) is 8.97. The van der Waals surface area contributed by atoms with Crippen molar-refractivity contribution in [3.8, 4) is 5.75 Å². The van der Waals surface area contributed by atoms with E-state index in [0.29, 0.717) is 5.92 Å². The number of aliphatic hydroxyl groups excluding tert-OH is 1. The Morgan fingerprint density at radius 1 is 1.29 bits per heavy atom. The Morgan fingerprint density at radius 3 is 2.71 bits per heavy atom. The van der Waals surface area contributed by atoms with Crippen molar-refractivity contribution < 1.29 is 15.3 Å². The number of halogens is 2. The van der Waals surface area contributed by atoms with Gasteiger partial charge in [0, 0.05) is 37.2 Å². The minimum atomic E-state index is -1.18. The van der Waals surface area contributed by atoms with Gasteiger partial charge in [-0.15, -0.1) is 24.8 Å². The number of phenols is 1. The maximum atomic E-state index is 11.8. The van der Waals surface area contributed by atoms with Crippen molar-refractivity contribution in [3.05, 3.63) is 47.7 Å². The molecule has 7 heteroatoms. The highest BCUT2D eigenvalue weighted by molar-refractivity contribution is 5.86. The minimum absolute atomic E-state index is 0. The number of aromatic hydroxyl groups is 1. The van der Waals surface area contributed by atoms with Crippen LogP contribution in [0.5, 0.6) is 5.75 Å². The zero-order valence-corrected chi connectivity index (χ0v) is 17.5. The molecule has 3 aliphatic rings. The summed E-state index contributed by atoms with van der Waals surface area (Å²) in [5, 5.41) is 32.3. The molecule has 4 atom stereocenters. The largest absolute Gasteiger partial charge is 0.508 e. The molecule has 3 fully saturated rings. The first-order valence-corrected chi connectivity index (χ1v) is 9.37. The number of piperidine rings is 3. The lowest BCUT2D eigenvalue weighted by atomic mass is 9.70. The molecule has 0 saturated carbocycles. The SMILES string of the molecule is C/C=C1\CN2CCC1CC2C(O)(CCO)c1ccnc2ccc(O)cc12.Cl.Cl. The van der Waals surface area contributed by atoms with E-state index in [0.717, 1.165) is 42.4 Å². The molecule has 28 heavy (non-hydrogen) atoms. The summed E-state index contributed by atoms with van der Waals surface area (Å²) in [5.74, 6) is 0.654. The lowest BCUT2D eigenvalue weighted by Gasteiger charge is -2.53. The maximum Gasteiger partial charge on any atom is 0.116 e. The summed E-state index contributed by atoms with van der Waals surface area (Å²) in [7, 11) is 0. The van der Waals surface area contributed by atoms with Crippen LogP contribution >= 0.6 is 24.8 Å². The summed E-state index contributed by atoms with van der Waals surface area (Å²) in [4.78, 5) is 6.71. The zero-order chi connectivity index (χ0) is 18.3. The lowest BCUT2D eigenvalue weighted by Crippen LogP contribution is -2.59. The van der Waals surface area contributed by atoms with Gasteiger partial charge < -0.3 is 15.3 Å². The quantitative estimate of drug-likeness (QED) is 0.653. The lowest BCUT2D eigenvalue weighted by molar-refractivity contribution is -0.0955. The van der Waals surface area contributed by atoms with Crippen LogP contribution in [0.1, 0.15) is 31.7 Å². The number of allylic oxidation sites excluding steroid dienone is 1. The standard InChI is InChI=1S/C21H26N2O3.2ClH/c1-2-14-13-23-9-6-15(14)11-20(23)21(26,7-10-24)18-5-8-22-19-4-3-16(25)12-17(18)19;;/h2-5,8,12,15,20,24-26H,6-7,9-11,13H2,1H3;2*1H/b14-2+;;. The van der Waals surface area contributed by atoms with E-state index in [1.165, 1.54) is 5.57 Å². The van der Waals surface area contributed by atoms with Crippen LogP contribution in [0.2, 0.25) is 0 Å². The second-order valence-electron chi connectivity index (χ2n) is 7.53. The molecule has 154 valence electrons. The topological polar surface area (TPSA) is 76.8 Å². The number of benzene rings is 1. The first-order chi connectivity index (χ1) is 12.6. The molecular weight excluding hydrogens is 399 g/mol. The van der Waals surface area contributed by atoms with E-state index >= 15 is 0 Å². The van der Waals surface area contributed by atoms with Gasteiger partial charge in [0.1, 0.15) is 11.4 Å². The van der Waals surface area contributed by atoms with E-state index in [1.54, 1.807) is 24.4 Å². The number of rotatable bonds is 4. The van der Waals surface area contributed by atoms with Gasteiger partial charge in [-0.3, -0.25) is 9.88 Å².